The molecule has 3 aromatic rings. The maximum absolute atomic E-state index is 6.05. The fourth-order valence-corrected chi connectivity index (χ4v) is 2.30. The molecule has 0 bridgehead atoms. The van der Waals surface area contributed by atoms with Crippen LogP contribution in [0.2, 0.25) is 0 Å². The van der Waals surface area contributed by atoms with Gasteiger partial charge >= 0.3 is 0 Å². The van der Waals surface area contributed by atoms with Gasteiger partial charge in [0.25, 0.3) is 0 Å². The lowest BCUT2D eigenvalue weighted by atomic mass is 10.1. The van der Waals surface area contributed by atoms with Crippen molar-refractivity contribution in [3.63, 3.8) is 0 Å². The number of pyridine rings is 1. The van der Waals surface area contributed by atoms with Crippen LogP contribution in [-0.2, 0) is 6.54 Å². The standard InChI is InChI=1S/C15H16N4/c1-10-6-7-17-8-12(10)9-19-13-5-3-4-11(2)14(13)18-15(19)16/h3-8H,9H2,1-2H3,(H2,16,18). The van der Waals surface area contributed by atoms with Crippen molar-refractivity contribution in [1.29, 1.82) is 0 Å². The van der Waals surface area contributed by atoms with Crippen molar-refractivity contribution >= 4 is 17.0 Å². The van der Waals surface area contributed by atoms with Crippen molar-refractivity contribution in [1.82, 2.24) is 14.5 Å². The SMILES string of the molecule is Cc1ccncc1Cn1c(N)nc2c(C)cccc21. The molecule has 3 rings (SSSR count). The second kappa shape index (κ2) is 4.39. The highest BCUT2D eigenvalue weighted by Crippen LogP contribution is 2.22. The Kier molecular flexibility index (Phi) is 2.71. The summed E-state index contributed by atoms with van der Waals surface area (Å²) in [5.41, 5.74) is 11.6. The van der Waals surface area contributed by atoms with Crippen molar-refractivity contribution in [2.75, 3.05) is 5.73 Å². The first kappa shape index (κ1) is 11.7. The van der Waals surface area contributed by atoms with Gasteiger partial charge in [0.05, 0.1) is 17.6 Å². The van der Waals surface area contributed by atoms with Crippen molar-refractivity contribution in [3.8, 4) is 0 Å². The zero-order valence-corrected chi connectivity index (χ0v) is 11.1. The molecule has 4 heteroatoms. The molecule has 0 amide bonds. The van der Waals surface area contributed by atoms with Gasteiger partial charge in [0, 0.05) is 12.4 Å². The molecule has 0 fully saturated rings. The summed E-state index contributed by atoms with van der Waals surface area (Å²) in [7, 11) is 0. The third-order valence-corrected chi connectivity index (χ3v) is 3.49. The van der Waals surface area contributed by atoms with E-state index < -0.39 is 0 Å². The third kappa shape index (κ3) is 1.95. The number of aromatic nitrogens is 3. The average Bonchev–Trinajstić information content (AvgIpc) is 2.71. The Labute approximate surface area is 111 Å². The summed E-state index contributed by atoms with van der Waals surface area (Å²) < 4.78 is 2.03. The first-order valence-corrected chi connectivity index (χ1v) is 6.27. The van der Waals surface area contributed by atoms with Crippen molar-refractivity contribution in [2.24, 2.45) is 0 Å². The molecule has 0 aliphatic rings. The topological polar surface area (TPSA) is 56.7 Å². The van der Waals surface area contributed by atoms with Gasteiger partial charge < -0.3 is 10.3 Å². The minimum absolute atomic E-state index is 0.549. The molecule has 2 heterocycles. The lowest BCUT2D eigenvalue weighted by Gasteiger charge is -2.08. The lowest BCUT2D eigenvalue weighted by molar-refractivity contribution is 0.826. The van der Waals surface area contributed by atoms with Crippen molar-refractivity contribution < 1.29 is 0 Å². The molecule has 0 unspecified atom stereocenters. The minimum Gasteiger partial charge on any atom is -0.369 e. The highest BCUT2D eigenvalue weighted by molar-refractivity contribution is 5.81. The number of hydrogen-bond acceptors (Lipinski definition) is 3. The van der Waals surface area contributed by atoms with E-state index in [0.717, 1.165) is 22.2 Å². The lowest BCUT2D eigenvalue weighted by Crippen LogP contribution is -2.06. The van der Waals surface area contributed by atoms with Crippen LogP contribution in [0.15, 0.2) is 36.7 Å². The molecule has 1 aromatic carbocycles. The number of nitrogens with zero attached hydrogens (tertiary/aromatic N) is 3. The number of nitrogen functional groups attached to an aromatic ring is 1. The van der Waals surface area contributed by atoms with E-state index in [-0.39, 0.29) is 0 Å². The Hall–Kier alpha value is -2.36. The Balaban J connectivity index is 2.13. The quantitative estimate of drug-likeness (QED) is 0.763. The molecule has 0 spiro atoms. The van der Waals surface area contributed by atoms with Crippen molar-refractivity contribution in [2.45, 2.75) is 20.4 Å². The first-order chi connectivity index (χ1) is 9.16. The fourth-order valence-electron chi connectivity index (χ4n) is 2.30. The number of nitrogens with two attached hydrogens (primary N) is 1. The molecule has 4 nitrogen and oxygen atoms in total. The van der Waals surface area contributed by atoms with E-state index in [1.165, 1.54) is 5.56 Å². The number of imidazole rings is 1. The van der Waals surface area contributed by atoms with Crippen LogP contribution in [0.1, 0.15) is 16.7 Å². The molecule has 0 radical (unpaired) electrons. The average molecular weight is 252 g/mol. The van der Waals surface area contributed by atoms with Crippen LogP contribution < -0.4 is 5.73 Å². The molecule has 2 aromatic heterocycles. The van der Waals surface area contributed by atoms with E-state index in [9.17, 15) is 0 Å². The number of rotatable bonds is 2. The van der Waals surface area contributed by atoms with Gasteiger partial charge in [-0.1, -0.05) is 12.1 Å². The van der Waals surface area contributed by atoms with E-state index in [0.29, 0.717) is 12.5 Å². The van der Waals surface area contributed by atoms with E-state index in [2.05, 4.69) is 35.9 Å². The summed E-state index contributed by atoms with van der Waals surface area (Å²) >= 11 is 0. The zero-order chi connectivity index (χ0) is 13.4. The normalized spacial score (nSPS) is 11.1. The Morgan fingerprint density at radius 2 is 2.00 bits per heavy atom. The number of fused-ring (bicyclic) bond motifs is 1. The van der Waals surface area contributed by atoms with E-state index >= 15 is 0 Å². The van der Waals surface area contributed by atoms with Gasteiger partial charge in [-0.15, -0.1) is 0 Å². The number of hydrogen-bond donors (Lipinski definition) is 1. The summed E-state index contributed by atoms with van der Waals surface area (Å²) in [4.78, 5) is 8.64. The Bertz CT molecular complexity index is 743. The van der Waals surface area contributed by atoms with Gasteiger partial charge in [0.2, 0.25) is 5.95 Å². The van der Waals surface area contributed by atoms with E-state index in [1.807, 2.05) is 22.9 Å². The maximum atomic E-state index is 6.05. The molecule has 2 N–H and O–H groups in total. The number of para-hydroxylation sites is 1. The molecule has 19 heavy (non-hydrogen) atoms. The van der Waals surface area contributed by atoms with Gasteiger partial charge in [-0.2, -0.15) is 0 Å². The first-order valence-electron chi connectivity index (χ1n) is 6.27. The molecule has 0 saturated heterocycles. The smallest absolute Gasteiger partial charge is 0.201 e. The minimum atomic E-state index is 0.549. The molecular weight excluding hydrogens is 236 g/mol. The number of aryl methyl sites for hydroxylation is 2. The van der Waals surface area contributed by atoms with Crippen LogP contribution in [0.25, 0.3) is 11.0 Å². The highest BCUT2D eigenvalue weighted by atomic mass is 15.1. The van der Waals surface area contributed by atoms with Gasteiger partial charge in [0.15, 0.2) is 0 Å². The van der Waals surface area contributed by atoms with Crippen molar-refractivity contribution in [3.05, 3.63) is 53.3 Å². The van der Waals surface area contributed by atoms with Crippen LogP contribution in [-0.4, -0.2) is 14.5 Å². The summed E-state index contributed by atoms with van der Waals surface area (Å²) in [6.45, 7) is 4.83. The Morgan fingerprint density at radius 3 is 2.79 bits per heavy atom. The van der Waals surface area contributed by atoms with Gasteiger partial charge in [-0.3, -0.25) is 4.98 Å². The second-order valence-electron chi connectivity index (χ2n) is 4.80. The number of anilines is 1. The highest BCUT2D eigenvalue weighted by Gasteiger charge is 2.10. The van der Waals surface area contributed by atoms with Crippen LogP contribution in [0.5, 0.6) is 0 Å². The fraction of sp³-hybridized carbons (Fsp3) is 0.200. The second-order valence-corrected chi connectivity index (χ2v) is 4.80. The molecular formula is C15H16N4. The monoisotopic (exact) mass is 252 g/mol. The number of benzene rings is 1. The van der Waals surface area contributed by atoms with Gasteiger partial charge in [0.1, 0.15) is 0 Å². The van der Waals surface area contributed by atoms with Gasteiger partial charge in [-0.05, 0) is 42.7 Å². The summed E-state index contributed by atoms with van der Waals surface area (Å²) in [6.07, 6.45) is 3.69. The van der Waals surface area contributed by atoms with Crippen LogP contribution >= 0.6 is 0 Å². The van der Waals surface area contributed by atoms with Gasteiger partial charge in [-0.25, -0.2) is 4.98 Å². The predicted octanol–water partition coefficient (Wildman–Crippen LogP) is 2.68. The predicted molar refractivity (Wildman–Crippen MR) is 77.0 cm³/mol. The summed E-state index contributed by atoms with van der Waals surface area (Å²) in [5.74, 6) is 0.549. The van der Waals surface area contributed by atoms with Crippen LogP contribution in [0.4, 0.5) is 5.95 Å². The van der Waals surface area contributed by atoms with E-state index in [1.54, 1.807) is 6.20 Å². The molecule has 0 saturated carbocycles. The van der Waals surface area contributed by atoms with Crippen LogP contribution in [0.3, 0.4) is 0 Å². The maximum Gasteiger partial charge on any atom is 0.201 e. The zero-order valence-electron chi connectivity index (χ0n) is 11.1. The molecule has 0 atom stereocenters. The Morgan fingerprint density at radius 1 is 1.16 bits per heavy atom. The molecule has 0 aliphatic carbocycles. The van der Waals surface area contributed by atoms with Crippen LogP contribution in [0, 0.1) is 13.8 Å². The summed E-state index contributed by atoms with van der Waals surface area (Å²) in [6, 6.07) is 8.15. The van der Waals surface area contributed by atoms with E-state index in [4.69, 9.17) is 5.73 Å². The molecule has 96 valence electrons. The summed E-state index contributed by atoms with van der Waals surface area (Å²) in [5, 5.41) is 0. The third-order valence-electron chi connectivity index (χ3n) is 3.49. The largest absolute Gasteiger partial charge is 0.369 e. The molecule has 0 aliphatic heterocycles.